The lowest BCUT2D eigenvalue weighted by Crippen LogP contribution is -2.23. The largest absolute Gasteiger partial charge is 0.508 e. The van der Waals surface area contributed by atoms with Crippen LogP contribution in [0.5, 0.6) is 11.5 Å². The molecule has 1 aromatic carbocycles. The smallest absolute Gasteiger partial charge is 0.170 e. The predicted octanol–water partition coefficient (Wildman–Crippen LogP) is 2.76. The molecule has 0 fully saturated rings. The minimum Gasteiger partial charge on any atom is -0.508 e. The van der Waals surface area contributed by atoms with Crippen molar-refractivity contribution in [2.75, 3.05) is 0 Å². The Kier molecular flexibility index (Phi) is 3.93. The maximum absolute atomic E-state index is 11.2. The highest BCUT2D eigenvalue weighted by Crippen LogP contribution is 2.27. The number of benzene rings is 1. The molecule has 0 bridgehead atoms. The molecule has 0 saturated heterocycles. The van der Waals surface area contributed by atoms with Crippen LogP contribution in [0.3, 0.4) is 0 Å². The van der Waals surface area contributed by atoms with Gasteiger partial charge in [0.05, 0.1) is 0 Å². The first-order valence-corrected chi connectivity index (χ1v) is 5.43. The van der Waals surface area contributed by atoms with Crippen LogP contribution >= 0.6 is 0 Å². The average Bonchev–Trinajstić information content (AvgIpc) is 2.21. The number of aryl methyl sites for hydroxylation is 1. The summed E-state index contributed by atoms with van der Waals surface area (Å²) in [6.45, 7) is 7.15. The number of Topliss-reactive ketones (excluding diaryl/α,β-unsaturated/α-hetero) is 1. The van der Waals surface area contributed by atoms with Gasteiger partial charge in [-0.1, -0.05) is 6.92 Å². The summed E-state index contributed by atoms with van der Waals surface area (Å²) in [5.41, 5.74) is 1.79. The molecule has 0 aliphatic carbocycles. The van der Waals surface area contributed by atoms with Crippen molar-refractivity contribution in [2.45, 2.75) is 40.2 Å². The number of phenols is 1. The Morgan fingerprint density at radius 1 is 1.44 bits per heavy atom. The molecule has 88 valence electrons. The summed E-state index contributed by atoms with van der Waals surface area (Å²) >= 11 is 0. The number of aromatic hydroxyl groups is 1. The molecule has 3 nitrogen and oxygen atoms in total. The maximum Gasteiger partial charge on any atom is 0.170 e. The molecule has 0 aromatic heterocycles. The zero-order valence-corrected chi connectivity index (χ0v) is 10.2. The van der Waals surface area contributed by atoms with Crippen LogP contribution in [0.2, 0.25) is 0 Å². The summed E-state index contributed by atoms with van der Waals surface area (Å²) in [4.78, 5) is 11.2. The van der Waals surface area contributed by atoms with Crippen molar-refractivity contribution in [1.82, 2.24) is 0 Å². The Morgan fingerprint density at radius 2 is 2.06 bits per heavy atom. The Balaban J connectivity index is 2.93. The zero-order valence-electron chi connectivity index (χ0n) is 10.2. The van der Waals surface area contributed by atoms with Crippen LogP contribution in [0.15, 0.2) is 12.1 Å². The molecule has 0 heterocycles. The second-order valence-electron chi connectivity index (χ2n) is 4.01. The van der Waals surface area contributed by atoms with Gasteiger partial charge in [-0.15, -0.1) is 0 Å². The van der Waals surface area contributed by atoms with Gasteiger partial charge in [-0.25, -0.2) is 0 Å². The maximum atomic E-state index is 11.2. The molecular formula is C13H18O3. The molecule has 1 N–H and O–H groups in total. The molecule has 1 rings (SSSR count). The van der Waals surface area contributed by atoms with Crippen molar-refractivity contribution in [2.24, 2.45) is 0 Å². The quantitative estimate of drug-likeness (QED) is 0.852. The molecule has 0 radical (unpaired) electrons. The van der Waals surface area contributed by atoms with Crippen molar-refractivity contribution in [3.8, 4) is 11.5 Å². The number of carbonyl (C=O) groups is 1. The van der Waals surface area contributed by atoms with Crippen LogP contribution in [-0.4, -0.2) is 17.0 Å². The second-order valence-corrected chi connectivity index (χ2v) is 4.01. The Labute approximate surface area is 96.1 Å². The highest BCUT2D eigenvalue weighted by atomic mass is 16.5. The van der Waals surface area contributed by atoms with E-state index in [-0.39, 0.29) is 11.5 Å². The van der Waals surface area contributed by atoms with Crippen LogP contribution in [0.4, 0.5) is 0 Å². The van der Waals surface area contributed by atoms with E-state index < -0.39 is 6.10 Å². The Hall–Kier alpha value is -1.51. The Morgan fingerprint density at radius 3 is 2.50 bits per heavy atom. The summed E-state index contributed by atoms with van der Waals surface area (Å²) in [7, 11) is 0. The molecule has 3 heteroatoms. The van der Waals surface area contributed by atoms with Crippen LogP contribution < -0.4 is 4.74 Å². The normalized spacial score (nSPS) is 12.2. The standard InChI is InChI=1S/C13H18O3/c1-5-13(10(4)14)16-11-6-8(2)9(3)12(15)7-11/h6-7,13,15H,5H2,1-4H3/t13-/m1/s1. The van der Waals surface area contributed by atoms with Gasteiger partial charge >= 0.3 is 0 Å². The Bertz CT molecular complexity index is 373. The van der Waals surface area contributed by atoms with E-state index in [1.807, 2.05) is 26.8 Å². The fourth-order valence-electron chi connectivity index (χ4n) is 1.49. The van der Waals surface area contributed by atoms with Gasteiger partial charge < -0.3 is 9.84 Å². The molecule has 1 atom stereocenters. The van der Waals surface area contributed by atoms with E-state index in [2.05, 4.69) is 0 Å². The van der Waals surface area contributed by atoms with Crippen LogP contribution in [-0.2, 0) is 4.79 Å². The van der Waals surface area contributed by atoms with Crippen LogP contribution in [0.1, 0.15) is 31.4 Å². The van der Waals surface area contributed by atoms with Crippen molar-refractivity contribution < 1.29 is 14.6 Å². The molecular weight excluding hydrogens is 204 g/mol. The van der Waals surface area contributed by atoms with Crippen molar-refractivity contribution in [3.05, 3.63) is 23.3 Å². The first-order chi connectivity index (χ1) is 7.45. The van der Waals surface area contributed by atoms with E-state index >= 15 is 0 Å². The van der Waals surface area contributed by atoms with Crippen molar-refractivity contribution in [3.63, 3.8) is 0 Å². The lowest BCUT2D eigenvalue weighted by Gasteiger charge is -2.16. The number of rotatable bonds is 4. The fourth-order valence-corrected chi connectivity index (χ4v) is 1.49. The number of hydrogen-bond donors (Lipinski definition) is 1. The van der Waals surface area contributed by atoms with E-state index in [9.17, 15) is 9.90 Å². The summed E-state index contributed by atoms with van der Waals surface area (Å²) in [5, 5.41) is 9.64. The third kappa shape index (κ3) is 2.75. The van der Waals surface area contributed by atoms with Gasteiger partial charge in [0.15, 0.2) is 11.9 Å². The van der Waals surface area contributed by atoms with Gasteiger partial charge in [-0.05, 0) is 44.4 Å². The molecule has 0 saturated carbocycles. The van der Waals surface area contributed by atoms with Gasteiger partial charge in [-0.3, -0.25) is 4.79 Å². The average molecular weight is 222 g/mol. The topological polar surface area (TPSA) is 46.5 Å². The van der Waals surface area contributed by atoms with E-state index in [0.29, 0.717) is 12.2 Å². The number of ether oxygens (including phenoxy) is 1. The molecule has 0 spiro atoms. The first kappa shape index (κ1) is 12.6. The monoisotopic (exact) mass is 222 g/mol. The highest BCUT2D eigenvalue weighted by molar-refractivity contribution is 5.80. The van der Waals surface area contributed by atoms with Gasteiger partial charge in [0.25, 0.3) is 0 Å². The molecule has 16 heavy (non-hydrogen) atoms. The van der Waals surface area contributed by atoms with E-state index in [1.165, 1.54) is 6.92 Å². The minimum absolute atomic E-state index is 0.000202. The lowest BCUT2D eigenvalue weighted by molar-refractivity contribution is -0.123. The fraction of sp³-hybridized carbons (Fsp3) is 0.462. The highest BCUT2D eigenvalue weighted by Gasteiger charge is 2.14. The zero-order chi connectivity index (χ0) is 12.3. The third-order valence-corrected chi connectivity index (χ3v) is 2.72. The van der Waals surface area contributed by atoms with E-state index in [0.717, 1.165) is 11.1 Å². The van der Waals surface area contributed by atoms with Gasteiger partial charge in [0.1, 0.15) is 11.5 Å². The van der Waals surface area contributed by atoms with Gasteiger partial charge in [0, 0.05) is 6.07 Å². The van der Waals surface area contributed by atoms with E-state index in [1.54, 1.807) is 6.07 Å². The molecule has 0 amide bonds. The number of hydrogen-bond acceptors (Lipinski definition) is 3. The number of phenolic OH excluding ortho intramolecular Hbond substituents is 1. The van der Waals surface area contributed by atoms with Gasteiger partial charge in [0.2, 0.25) is 0 Å². The summed E-state index contributed by atoms with van der Waals surface area (Å²) in [6.07, 6.45) is 0.199. The molecule has 0 aliphatic rings. The van der Waals surface area contributed by atoms with E-state index in [4.69, 9.17) is 4.74 Å². The van der Waals surface area contributed by atoms with Crippen molar-refractivity contribution >= 4 is 5.78 Å². The molecule has 0 aliphatic heterocycles. The number of carbonyl (C=O) groups excluding carboxylic acids is 1. The lowest BCUT2D eigenvalue weighted by atomic mass is 10.1. The SMILES string of the molecule is CC[C@@H](Oc1cc(C)c(C)c(O)c1)C(C)=O. The first-order valence-electron chi connectivity index (χ1n) is 5.43. The summed E-state index contributed by atoms with van der Waals surface area (Å²) < 4.78 is 5.53. The van der Waals surface area contributed by atoms with Crippen LogP contribution in [0, 0.1) is 13.8 Å². The minimum atomic E-state index is -0.429. The number of ketones is 1. The molecule has 0 unspecified atom stereocenters. The third-order valence-electron chi connectivity index (χ3n) is 2.72. The summed E-state index contributed by atoms with van der Waals surface area (Å²) in [5.74, 6) is 0.747. The van der Waals surface area contributed by atoms with Crippen LogP contribution in [0.25, 0.3) is 0 Å². The van der Waals surface area contributed by atoms with Crippen molar-refractivity contribution in [1.29, 1.82) is 0 Å². The predicted molar refractivity (Wildman–Crippen MR) is 63.0 cm³/mol. The van der Waals surface area contributed by atoms with Gasteiger partial charge in [-0.2, -0.15) is 0 Å². The molecule has 1 aromatic rings. The second kappa shape index (κ2) is 5.01. The summed E-state index contributed by atoms with van der Waals surface area (Å²) in [6, 6.07) is 3.38.